The van der Waals surface area contributed by atoms with Gasteiger partial charge in [0, 0.05) is 13.1 Å². The van der Waals surface area contributed by atoms with E-state index in [1.807, 2.05) is 29.2 Å². The number of amides is 2. The summed E-state index contributed by atoms with van der Waals surface area (Å²) in [5, 5.41) is 5.84. The van der Waals surface area contributed by atoms with E-state index in [9.17, 15) is 9.59 Å². The van der Waals surface area contributed by atoms with E-state index in [2.05, 4.69) is 24.5 Å². The van der Waals surface area contributed by atoms with Gasteiger partial charge >= 0.3 is 0 Å². The number of nitrogens with one attached hydrogen (secondary N) is 2. The predicted molar refractivity (Wildman–Crippen MR) is 101 cm³/mol. The van der Waals surface area contributed by atoms with Crippen molar-refractivity contribution in [3.8, 4) is 5.75 Å². The van der Waals surface area contributed by atoms with Crippen molar-refractivity contribution in [2.75, 3.05) is 25.0 Å². The zero-order chi connectivity index (χ0) is 18.7. The third-order valence-corrected chi connectivity index (χ3v) is 5.79. The lowest BCUT2D eigenvalue weighted by molar-refractivity contribution is -0.128. The first kappa shape index (κ1) is 18.5. The Labute approximate surface area is 155 Å². The number of anilines is 1. The number of carbonyl (C=O) groups is 2. The maximum absolute atomic E-state index is 12.7. The largest absolute Gasteiger partial charge is 0.477 e. The topological polar surface area (TPSA) is 70.7 Å². The van der Waals surface area contributed by atoms with Crippen LogP contribution in [0.3, 0.4) is 0 Å². The van der Waals surface area contributed by atoms with Crippen LogP contribution in [0.15, 0.2) is 24.3 Å². The summed E-state index contributed by atoms with van der Waals surface area (Å²) in [5.74, 6) is 1.59. The van der Waals surface area contributed by atoms with Gasteiger partial charge < -0.3 is 20.3 Å². The lowest BCUT2D eigenvalue weighted by atomic mass is 9.78. The number of carbonyl (C=O) groups excluding carboxylic acids is 2. The van der Waals surface area contributed by atoms with Gasteiger partial charge in [0.25, 0.3) is 5.91 Å². The highest BCUT2D eigenvalue weighted by Crippen LogP contribution is 2.33. The first-order valence-electron chi connectivity index (χ1n) is 9.51. The van der Waals surface area contributed by atoms with Crippen LogP contribution in [0.1, 0.15) is 33.1 Å². The van der Waals surface area contributed by atoms with Crippen molar-refractivity contribution in [1.82, 2.24) is 10.6 Å². The summed E-state index contributed by atoms with van der Waals surface area (Å²) in [6.45, 7) is 5.07. The standard InChI is InChI=1S/C20H29N3O3/c1-13-7-6-8-15(14(13)2)22-19(24)12-23-11-18(20(25)21-3)26-17-10-5-4-9-16(17)23/h4-5,9-10,13-15,18H,6-8,11-12H2,1-3H3,(H,21,25)(H,22,24)/t13-,14+,15-,18+/m0/s1. The molecule has 2 amide bonds. The molecule has 1 aromatic rings. The SMILES string of the molecule is CNC(=O)[C@H]1CN(CC(=O)N[C@H]2CCC[C@H](C)[C@H]2C)c2ccccc2O1. The summed E-state index contributed by atoms with van der Waals surface area (Å²) in [5.41, 5.74) is 0.855. The number of benzene rings is 1. The second-order valence-corrected chi connectivity index (χ2v) is 7.51. The van der Waals surface area contributed by atoms with Crippen LogP contribution >= 0.6 is 0 Å². The van der Waals surface area contributed by atoms with Gasteiger partial charge in [-0.25, -0.2) is 0 Å². The van der Waals surface area contributed by atoms with E-state index in [1.165, 1.54) is 6.42 Å². The minimum atomic E-state index is -0.615. The monoisotopic (exact) mass is 359 g/mol. The number of ether oxygens (including phenoxy) is 1. The van der Waals surface area contributed by atoms with Crippen LogP contribution in [-0.2, 0) is 9.59 Å². The Balaban J connectivity index is 1.69. The van der Waals surface area contributed by atoms with E-state index in [1.54, 1.807) is 7.05 Å². The van der Waals surface area contributed by atoms with E-state index >= 15 is 0 Å². The highest BCUT2D eigenvalue weighted by molar-refractivity contribution is 5.86. The van der Waals surface area contributed by atoms with E-state index in [4.69, 9.17) is 4.74 Å². The highest BCUT2D eigenvalue weighted by atomic mass is 16.5. The van der Waals surface area contributed by atoms with Crippen LogP contribution in [0, 0.1) is 11.8 Å². The molecule has 1 fully saturated rings. The first-order chi connectivity index (χ1) is 12.5. The minimum absolute atomic E-state index is 0.00306. The van der Waals surface area contributed by atoms with Crippen molar-refractivity contribution in [2.24, 2.45) is 11.8 Å². The molecule has 2 aliphatic rings. The first-order valence-corrected chi connectivity index (χ1v) is 9.51. The van der Waals surface area contributed by atoms with Gasteiger partial charge in [0.15, 0.2) is 6.10 Å². The highest BCUT2D eigenvalue weighted by Gasteiger charge is 2.32. The van der Waals surface area contributed by atoms with Crippen LogP contribution in [0.25, 0.3) is 0 Å². The van der Waals surface area contributed by atoms with Crippen LogP contribution in [-0.4, -0.2) is 44.1 Å². The van der Waals surface area contributed by atoms with Gasteiger partial charge in [-0.15, -0.1) is 0 Å². The van der Waals surface area contributed by atoms with Crippen molar-refractivity contribution in [2.45, 2.75) is 45.3 Å². The molecule has 4 atom stereocenters. The van der Waals surface area contributed by atoms with Gasteiger partial charge in [-0.3, -0.25) is 9.59 Å². The van der Waals surface area contributed by atoms with E-state index in [-0.39, 0.29) is 24.4 Å². The van der Waals surface area contributed by atoms with Gasteiger partial charge in [-0.1, -0.05) is 38.8 Å². The van der Waals surface area contributed by atoms with Crippen molar-refractivity contribution >= 4 is 17.5 Å². The van der Waals surface area contributed by atoms with Crippen LogP contribution in [0.4, 0.5) is 5.69 Å². The third-order valence-electron chi connectivity index (χ3n) is 5.79. The van der Waals surface area contributed by atoms with Gasteiger partial charge in [-0.05, 0) is 30.4 Å². The molecule has 1 aliphatic heterocycles. The molecule has 1 aromatic carbocycles. The molecule has 0 bridgehead atoms. The molecule has 0 unspecified atom stereocenters. The fourth-order valence-corrected chi connectivity index (χ4v) is 3.97. The summed E-state index contributed by atoms with van der Waals surface area (Å²) in [7, 11) is 1.59. The molecule has 26 heavy (non-hydrogen) atoms. The van der Waals surface area contributed by atoms with Gasteiger partial charge in [-0.2, -0.15) is 0 Å². The molecule has 0 radical (unpaired) electrons. The summed E-state index contributed by atoms with van der Waals surface area (Å²) >= 11 is 0. The zero-order valence-electron chi connectivity index (χ0n) is 15.8. The Kier molecular flexibility index (Phi) is 5.69. The number of hydrogen-bond donors (Lipinski definition) is 2. The van der Waals surface area contributed by atoms with Gasteiger partial charge in [0.05, 0.1) is 18.8 Å². The zero-order valence-corrected chi connectivity index (χ0v) is 15.8. The molecule has 1 heterocycles. The normalized spacial score (nSPS) is 27.9. The molecule has 1 saturated carbocycles. The smallest absolute Gasteiger partial charge is 0.262 e. The molecule has 1 aliphatic carbocycles. The van der Waals surface area contributed by atoms with Crippen molar-refractivity contribution in [3.63, 3.8) is 0 Å². The summed E-state index contributed by atoms with van der Waals surface area (Å²) in [6, 6.07) is 7.78. The number of nitrogens with zero attached hydrogens (tertiary/aromatic N) is 1. The number of rotatable bonds is 4. The maximum Gasteiger partial charge on any atom is 0.262 e. The molecule has 6 heteroatoms. The Morgan fingerprint density at radius 2 is 2.00 bits per heavy atom. The Morgan fingerprint density at radius 3 is 2.77 bits per heavy atom. The lowest BCUT2D eigenvalue weighted by Gasteiger charge is -2.37. The second-order valence-electron chi connectivity index (χ2n) is 7.51. The van der Waals surface area contributed by atoms with E-state index < -0.39 is 6.10 Å². The molecule has 0 aromatic heterocycles. The molecule has 142 valence electrons. The molecular weight excluding hydrogens is 330 g/mol. The van der Waals surface area contributed by atoms with E-state index in [0.717, 1.165) is 18.5 Å². The predicted octanol–water partition coefficient (Wildman–Crippen LogP) is 1.94. The number of para-hydroxylation sites is 2. The maximum atomic E-state index is 12.7. The second kappa shape index (κ2) is 7.98. The average molecular weight is 359 g/mol. The Morgan fingerprint density at radius 1 is 1.23 bits per heavy atom. The average Bonchev–Trinajstić information content (AvgIpc) is 2.64. The summed E-state index contributed by atoms with van der Waals surface area (Å²) in [6.07, 6.45) is 2.82. The molecule has 2 N–H and O–H groups in total. The molecular formula is C20H29N3O3. The van der Waals surface area contributed by atoms with E-state index in [0.29, 0.717) is 24.1 Å². The molecule has 3 rings (SSSR count). The Hall–Kier alpha value is -2.24. The van der Waals surface area contributed by atoms with Crippen LogP contribution in [0.2, 0.25) is 0 Å². The van der Waals surface area contributed by atoms with Gasteiger partial charge in [0.1, 0.15) is 5.75 Å². The lowest BCUT2D eigenvalue weighted by Crippen LogP contribution is -2.52. The van der Waals surface area contributed by atoms with Crippen LogP contribution in [0.5, 0.6) is 5.75 Å². The fourth-order valence-electron chi connectivity index (χ4n) is 3.97. The van der Waals surface area contributed by atoms with Crippen molar-refractivity contribution in [3.05, 3.63) is 24.3 Å². The third kappa shape index (κ3) is 3.94. The number of fused-ring (bicyclic) bond motifs is 1. The molecule has 0 saturated heterocycles. The number of hydrogen-bond acceptors (Lipinski definition) is 4. The minimum Gasteiger partial charge on any atom is -0.477 e. The summed E-state index contributed by atoms with van der Waals surface area (Å²) in [4.78, 5) is 26.7. The number of likely N-dealkylation sites (N-methyl/N-ethyl adjacent to an activating group) is 1. The van der Waals surface area contributed by atoms with Crippen LogP contribution < -0.4 is 20.3 Å². The fraction of sp³-hybridized carbons (Fsp3) is 0.600. The molecule has 6 nitrogen and oxygen atoms in total. The van der Waals surface area contributed by atoms with Gasteiger partial charge in [0.2, 0.25) is 5.91 Å². The summed E-state index contributed by atoms with van der Waals surface area (Å²) < 4.78 is 5.79. The molecule has 0 spiro atoms. The quantitative estimate of drug-likeness (QED) is 0.862. The Bertz CT molecular complexity index is 663. The van der Waals surface area contributed by atoms with Crippen molar-refractivity contribution in [1.29, 1.82) is 0 Å². The van der Waals surface area contributed by atoms with Crippen molar-refractivity contribution < 1.29 is 14.3 Å².